The fourth-order valence-corrected chi connectivity index (χ4v) is 1.09. The predicted molar refractivity (Wildman–Crippen MR) is 47.0 cm³/mol. The first kappa shape index (κ1) is 12.6. The molecular formula is C9H3ClF4O2. The van der Waals surface area contributed by atoms with Crippen molar-refractivity contribution < 1.29 is 27.2 Å². The summed E-state index contributed by atoms with van der Waals surface area (Å²) in [5.74, 6) is -3.71. The van der Waals surface area contributed by atoms with Crippen LogP contribution in [0.4, 0.5) is 17.6 Å². The number of Topliss-reactive ketones (excluding diaryl/α,β-unsaturated/α-hetero) is 1. The summed E-state index contributed by atoms with van der Waals surface area (Å²) in [6, 6.07) is 1.94. The van der Waals surface area contributed by atoms with E-state index in [0.29, 0.717) is 12.1 Å². The van der Waals surface area contributed by atoms with Crippen molar-refractivity contribution in [2.24, 2.45) is 0 Å². The number of carbonyl (C=O) groups excluding carboxylic acids is 2. The van der Waals surface area contributed by atoms with Crippen molar-refractivity contribution in [3.63, 3.8) is 0 Å². The molecule has 7 heteroatoms. The van der Waals surface area contributed by atoms with E-state index in [1.807, 2.05) is 0 Å². The molecule has 0 aliphatic heterocycles. The van der Waals surface area contributed by atoms with Crippen LogP contribution in [0, 0.1) is 5.82 Å². The highest BCUT2D eigenvalue weighted by atomic mass is 35.5. The first-order chi connectivity index (χ1) is 7.23. The zero-order valence-electron chi connectivity index (χ0n) is 7.44. The molecule has 0 aliphatic rings. The van der Waals surface area contributed by atoms with Crippen LogP contribution in [0.2, 0.25) is 0 Å². The monoisotopic (exact) mass is 254 g/mol. The molecule has 0 radical (unpaired) electrons. The van der Waals surface area contributed by atoms with Gasteiger partial charge in [-0.3, -0.25) is 9.59 Å². The van der Waals surface area contributed by atoms with E-state index in [-0.39, 0.29) is 5.56 Å². The van der Waals surface area contributed by atoms with Crippen LogP contribution < -0.4 is 0 Å². The number of hydrogen-bond donors (Lipinski definition) is 0. The molecule has 0 bridgehead atoms. The highest BCUT2D eigenvalue weighted by molar-refractivity contribution is 6.67. The van der Waals surface area contributed by atoms with E-state index in [2.05, 4.69) is 0 Å². The third-order valence-electron chi connectivity index (χ3n) is 1.70. The van der Waals surface area contributed by atoms with E-state index in [1.165, 1.54) is 0 Å². The van der Waals surface area contributed by atoms with Crippen molar-refractivity contribution in [2.75, 3.05) is 0 Å². The fraction of sp³-hybridized carbons (Fsp3) is 0.111. The number of ketones is 1. The Morgan fingerprint density at radius 1 is 1.19 bits per heavy atom. The summed E-state index contributed by atoms with van der Waals surface area (Å²) >= 11 is 4.99. The Morgan fingerprint density at radius 3 is 2.19 bits per heavy atom. The van der Waals surface area contributed by atoms with Gasteiger partial charge in [-0.15, -0.1) is 0 Å². The summed E-state index contributed by atoms with van der Waals surface area (Å²) in [5, 5.41) is -1.07. The Labute approximate surface area is 91.8 Å². The third-order valence-corrected chi connectivity index (χ3v) is 1.91. The van der Waals surface area contributed by atoms with E-state index in [9.17, 15) is 27.2 Å². The lowest BCUT2D eigenvalue weighted by Gasteiger charge is -2.06. The van der Waals surface area contributed by atoms with Crippen molar-refractivity contribution in [2.45, 2.75) is 6.18 Å². The van der Waals surface area contributed by atoms with E-state index < -0.39 is 28.6 Å². The quantitative estimate of drug-likeness (QED) is 0.462. The van der Waals surface area contributed by atoms with Crippen LogP contribution in [0.25, 0.3) is 0 Å². The SMILES string of the molecule is O=C(Cl)c1ccc(F)c(C(=O)C(F)(F)F)c1. The van der Waals surface area contributed by atoms with Crippen molar-refractivity contribution in [3.8, 4) is 0 Å². The Balaban J connectivity index is 3.28. The molecule has 0 saturated carbocycles. The van der Waals surface area contributed by atoms with Gasteiger partial charge >= 0.3 is 6.18 Å². The van der Waals surface area contributed by atoms with E-state index in [4.69, 9.17) is 11.6 Å². The van der Waals surface area contributed by atoms with Crippen molar-refractivity contribution in [1.82, 2.24) is 0 Å². The van der Waals surface area contributed by atoms with Gasteiger partial charge < -0.3 is 0 Å². The van der Waals surface area contributed by atoms with Crippen molar-refractivity contribution in [1.29, 1.82) is 0 Å². The van der Waals surface area contributed by atoms with Crippen LogP contribution in [0.3, 0.4) is 0 Å². The Kier molecular flexibility index (Phi) is 3.32. The normalized spacial score (nSPS) is 11.3. The lowest BCUT2D eigenvalue weighted by molar-refractivity contribution is -0.0887. The minimum Gasteiger partial charge on any atom is -0.284 e. The standard InChI is InChI=1S/C9H3ClF4O2/c10-8(16)4-1-2-6(11)5(3-4)7(15)9(12,13)14/h1-3H. The van der Waals surface area contributed by atoms with Gasteiger partial charge in [0.05, 0.1) is 5.56 Å². The second kappa shape index (κ2) is 4.21. The van der Waals surface area contributed by atoms with Crippen LogP contribution in [0.5, 0.6) is 0 Å². The van der Waals surface area contributed by atoms with Crippen LogP contribution in [-0.4, -0.2) is 17.2 Å². The van der Waals surface area contributed by atoms with Gasteiger partial charge in [-0.1, -0.05) is 0 Å². The average Bonchev–Trinajstić information content (AvgIpc) is 2.15. The lowest BCUT2D eigenvalue weighted by atomic mass is 10.1. The summed E-state index contributed by atoms with van der Waals surface area (Å²) in [4.78, 5) is 21.4. The summed E-state index contributed by atoms with van der Waals surface area (Å²) in [5.41, 5.74) is -1.60. The summed E-state index contributed by atoms with van der Waals surface area (Å²) in [7, 11) is 0. The molecule has 1 aromatic carbocycles. The number of hydrogen-bond acceptors (Lipinski definition) is 2. The zero-order valence-corrected chi connectivity index (χ0v) is 8.19. The Morgan fingerprint density at radius 2 is 1.75 bits per heavy atom. The zero-order chi connectivity index (χ0) is 12.5. The predicted octanol–water partition coefficient (Wildman–Crippen LogP) is 2.95. The molecule has 0 amide bonds. The average molecular weight is 255 g/mol. The Bertz CT molecular complexity index is 453. The minimum absolute atomic E-state index is 0.379. The summed E-state index contributed by atoms with van der Waals surface area (Å²) < 4.78 is 49.0. The molecule has 1 rings (SSSR count). The second-order valence-corrected chi connectivity index (χ2v) is 3.14. The minimum atomic E-state index is -5.20. The first-order valence-electron chi connectivity index (χ1n) is 3.84. The molecule has 0 N–H and O–H groups in total. The fourth-order valence-electron chi connectivity index (χ4n) is 0.974. The van der Waals surface area contributed by atoms with Gasteiger partial charge in [0.15, 0.2) is 0 Å². The highest BCUT2D eigenvalue weighted by Gasteiger charge is 2.40. The third kappa shape index (κ3) is 2.57. The molecule has 0 aliphatic carbocycles. The smallest absolute Gasteiger partial charge is 0.284 e. The molecular weight excluding hydrogens is 252 g/mol. The largest absolute Gasteiger partial charge is 0.454 e. The van der Waals surface area contributed by atoms with Gasteiger partial charge in [0.1, 0.15) is 5.82 Å². The maximum atomic E-state index is 12.9. The summed E-state index contributed by atoms with van der Waals surface area (Å²) in [6.45, 7) is 0. The summed E-state index contributed by atoms with van der Waals surface area (Å²) in [6.07, 6.45) is -5.20. The molecule has 1 aromatic rings. The molecule has 0 unspecified atom stereocenters. The molecule has 2 nitrogen and oxygen atoms in total. The van der Waals surface area contributed by atoms with Gasteiger partial charge in [0, 0.05) is 5.56 Å². The molecule has 16 heavy (non-hydrogen) atoms. The van der Waals surface area contributed by atoms with Gasteiger partial charge in [-0.05, 0) is 29.8 Å². The second-order valence-electron chi connectivity index (χ2n) is 2.80. The van der Waals surface area contributed by atoms with E-state index >= 15 is 0 Å². The molecule has 86 valence electrons. The highest BCUT2D eigenvalue weighted by Crippen LogP contribution is 2.24. The number of benzene rings is 1. The topological polar surface area (TPSA) is 34.1 Å². The number of rotatable bonds is 2. The maximum Gasteiger partial charge on any atom is 0.454 e. The molecule has 0 fully saturated rings. The van der Waals surface area contributed by atoms with E-state index in [1.54, 1.807) is 0 Å². The van der Waals surface area contributed by atoms with Crippen LogP contribution in [0.15, 0.2) is 18.2 Å². The number of alkyl halides is 3. The first-order valence-corrected chi connectivity index (χ1v) is 4.22. The van der Waals surface area contributed by atoms with Crippen molar-refractivity contribution >= 4 is 22.6 Å². The molecule has 0 atom stereocenters. The van der Waals surface area contributed by atoms with Gasteiger partial charge in [0.25, 0.3) is 11.0 Å². The van der Waals surface area contributed by atoms with Crippen LogP contribution in [0.1, 0.15) is 20.7 Å². The Hall–Kier alpha value is -1.43. The molecule has 0 heterocycles. The lowest BCUT2D eigenvalue weighted by Crippen LogP contribution is -2.24. The van der Waals surface area contributed by atoms with Crippen LogP contribution in [-0.2, 0) is 0 Å². The molecule has 0 saturated heterocycles. The van der Waals surface area contributed by atoms with E-state index in [0.717, 1.165) is 6.07 Å². The van der Waals surface area contributed by atoms with Crippen molar-refractivity contribution in [3.05, 3.63) is 35.1 Å². The number of halogens is 5. The number of carbonyl (C=O) groups is 2. The van der Waals surface area contributed by atoms with Crippen LogP contribution >= 0.6 is 11.6 Å². The van der Waals surface area contributed by atoms with Gasteiger partial charge in [-0.25, -0.2) is 4.39 Å². The van der Waals surface area contributed by atoms with Gasteiger partial charge in [0.2, 0.25) is 0 Å². The van der Waals surface area contributed by atoms with Gasteiger partial charge in [-0.2, -0.15) is 13.2 Å². The maximum absolute atomic E-state index is 12.9. The molecule has 0 spiro atoms. The molecule has 0 aromatic heterocycles.